The van der Waals surface area contributed by atoms with Gasteiger partial charge >= 0.3 is 0 Å². The number of benzene rings is 2. The number of fused-ring (bicyclic) bond motifs is 3. The molecule has 0 spiro atoms. The lowest BCUT2D eigenvalue weighted by molar-refractivity contribution is 0.181. The van der Waals surface area contributed by atoms with Gasteiger partial charge in [0.25, 0.3) is 0 Å². The fraction of sp³-hybridized carbons (Fsp3) is 0.517. The van der Waals surface area contributed by atoms with Crippen molar-refractivity contribution in [2.75, 3.05) is 0 Å². The fourth-order valence-electron chi connectivity index (χ4n) is 7.93. The highest BCUT2D eigenvalue weighted by molar-refractivity contribution is 7.77. The summed E-state index contributed by atoms with van der Waals surface area (Å²) in [5.74, 6) is 1.20. The van der Waals surface area contributed by atoms with Crippen molar-refractivity contribution in [3.63, 3.8) is 0 Å². The van der Waals surface area contributed by atoms with Crippen molar-refractivity contribution < 1.29 is 4.39 Å². The Morgan fingerprint density at radius 3 is 2.33 bits per heavy atom. The highest BCUT2D eigenvalue weighted by atomic mass is 32.1. The zero-order valence-electron chi connectivity index (χ0n) is 20.9. The predicted molar refractivity (Wildman–Crippen MR) is 139 cm³/mol. The average Bonchev–Trinajstić information content (AvgIpc) is 3.06. The summed E-state index contributed by atoms with van der Waals surface area (Å²) in [6.07, 6.45) is 1.03. The van der Waals surface area contributed by atoms with Crippen LogP contribution < -0.4 is 5.32 Å². The van der Waals surface area contributed by atoms with E-state index in [0.29, 0.717) is 23.9 Å². The van der Waals surface area contributed by atoms with Crippen LogP contribution in [-0.4, -0.2) is 22.4 Å². The Morgan fingerprint density at radius 1 is 1.06 bits per heavy atom. The van der Waals surface area contributed by atoms with Crippen LogP contribution in [0.1, 0.15) is 67.9 Å². The molecule has 7 atom stereocenters. The van der Waals surface area contributed by atoms with Gasteiger partial charge in [-0.05, 0) is 81.2 Å². The van der Waals surface area contributed by atoms with Crippen molar-refractivity contribution >= 4 is 18.4 Å². The van der Waals surface area contributed by atoms with E-state index in [0.717, 1.165) is 23.3 Å². The Kier molecular flexibility index (Phi) is 5.49. The second kappa shape index (κ2) is 7.88. The van der Waals surface area contributed by atoms with E-state index >= 15 is 4.39 Å². The van der Waals surface area contributed by atoms with Crippen molar-refractivity contribution in [2.45, 2.75) is 78.9 Å². The third kappa shape index (κ3) is 3.24. The minimum absolute atomic E-state index is 0.136. The molecule has 2 aromatic rings. The molecule has 2 fully saturated rings. The van der Waals surface area contributed by atoms with Crippen molar-refractivity contribution in [3.05, 3.63) is 75.7 Å². The molecule has 1 saturated carbocycles. The second-order valence-corrected chi connectivity index (χ2v) is 11.6. The van der Waals surface area contributed by atoms with Gasteiger partial charge in [0.1, 0.15) is 5.82 Å². The van der Waals surface area contributed by atoms with Crippen molar-refractivity contribution in [2.24, 2.45) is 17.3 Å². The smallest absolute Gasteiger partial charge is 0.130 e. The SMILES string of the molecule is CC1=C(c2ccccc2F)[C@@]2(C)CC3C(C)NC(C3C)C(c3c(C)cc(C)cc3C)C2N1S. The number of thiol groups is 1. The minimum Gasteiger partial charge on any atom is -0.318 e. The Labute approximate surface area is 204 Å². The maximum absolute atomic E-state index is 15.2. The molecule has 1 aliphatic carbocycles. The molecule has 4 heteroatoms. The molecule has 2 nitrogen and oxygen atoms in total. The third-order valence-electron chi connectivity index (χ3n) is 9.13. The van der Waals surface area contributed by atoms with Crippen LogP contribution in [0.15, 0.2) is 42.1 Å². The van der Waals surface area contributed by atoms with E-state index in [1.54, 1.807) is 12.1 Å². The quantitative estimate of drug-likeness (QED) is 0.474. The van der Waals surface area contributed by atoms with E-state index in [1.165, 1.54) is 22.3 Å². The van der Waals surface area contributed by atoms with Gasteiger partial charge in [-0.2, -0.15) is 0 Å². The summed E-state index contributed by atoms with van der Waals surface area (Å²) in [5, 5.41) is 4.00. The molecular weight excluding hydrogens is 427 g/mol. The van der Waals surface area contributed by atoms with Crippen molar-refractivity contribution in [1.29, 1.82) is 0 Å². The summed E-state index contributed by atoms with van der Waals surface area (Å²) in [7, 11) is 0. The van der Waals surface area contributed by atoms with Gasteiger partial charge in [-0.15, -0.1) is 0 Å². The summed E-state index contributed by atoms with van der Waals surface area (Å²) < 4.78 is 17.4. The summed E-state index contributed by atoms with van der Waals surface area (Å²) >= 11 is 5.13. The van der Waals surface area contributed by atoms with Crippen LogP contribution in [0, 0.1) is 43.8 Å². The molecule has 3 aliphatic rings. The van der Waals surface area contributed by atoms with Gasteiger partial charge in [0.2, 0.25) is 0 Å². The highest BCUT2D eigenvalue weighted by Gasteiger charge is 2.61. The first-order valence-corrected chi connectivity index (χ1v) is 12.7. The van der Waals surface area contributed by atoms with E-state index in [-0.39, 0.29) is 23.2 Å². The summed E-state index contributed by atoms with van der Waals surface area (Å²) in [6, 6.07) is 12.9. The van der Waals surface area contributed by atoms with Crippen LogP contribution in [0.5, 0.6) is 0 Å². The van der Waals surface area contributed by atoms with E-state index in [2.05, 4.69) is 70.2 Å². The number of nitrogens with one attached hydrogen (secondary N) is 1. The van der Waals surface area contributed by atoms with Gasteiger partial charge in [0.15, 0.2) is 0 Å². The van der Waals surface area contributed by atoms with E-state index in [4.69, 9.17) is 12.8 Å². The van der Waals surface area contributed by atoms with Gasteiger partial charge in [-0.25, -0.2) is 4.39 Å². The van der Waals surface area contributed by atoms with Gasteiger partial charge in [0.05, 0.1) is 6.04 Å². The van der Waals surface area contributed by atoms with Crippen LogP contribution >= 0.6 is 12.8 Å². The van der Waals surface area contributed by atoms with E-state index < -0.39 is 0 Å². The first kappa shape index (κ1) is 23.0. The molecule has 2 aliphatic heterocycles. The molecule has 2 aromatic carbocycles. The number of hydrogen-bond acceptors (Lipinski definition) is 3. The minimum atomic E-state index is -0.202. The molecule has 6 unspecified atom stereocenters. The van der Waals surface area contributed by atoms with Crippen molar-refractivity contribution in [1.82, 2.24) is 9.62 Å². The van der Waals surface area contributed by atoms with Crippen molar-refractivity contribution in [3.8, 4) is 0 Å². The number of aryl methyl sites for hydroxylation is 3. The first-order valence-electron chi connectivity index (χ1n) is 12.3. The molecule has 0 amide bonds. The largest absolute Gasteiger partial charge is 0.318 e. The van der Waals surface area contributed by atoms with Crippen LogP contribution in [0.4, 0.5) is 4.39 Å². The van der Waals surface area contributed by atoms with Crippen LogP contribution in [0.25, 0.3) is 5.57 Å². The zero-order chi connectivity index (χ0) is 23.8. The maximum Gasteiger partial charge on any atom is 0.130 e. The molecule has 176 valence electrons. The Bertz CT molecular complexity index is 1120. The third-order valence-corrected chi connectivity index (χ3v) is 9.68. The number of hydrogen-bond donors (Lipinski definition) is 2. The highest BCUT2D eigenvalue weighted by Crippen LogP contribution is 2.62. The van der Waals surface area contributed by atoms with Gasteiger partial charge < -0.3 is 9.62 Å². The number of nitrogens with zero attached hydrogens (tertiary/aromatic N) is 1. The molecule has 33 heavy (non-hydrogen) atoms. The summed E-state index contributed by atoms with van der Waals surface area (Å²) in [5.41, 5.74) is 8.21. The lowest BCUT2D eigenvalue weighted by atomic mass is 9.65. The molecule has 2 heterocycles. The van der Waals surface area contributed by atoms with E-state index in [9.17, 15) is 0 Å². The molecular formula is C29H37FN2S. The number of allylic oxidation sites excluding steroid dienone is 1. The van der Waals surface area contributed by atoms with Crippen LogP contribution in [0.2, 0.25) is 0 Å². The second-order valence-electron chi connectivity index (χ2n) is 11.2. The molecule has 1 saturated heterocycles. The Morgan fingerprint density at radius 2 is 1.70 bits per heavy atom. The van der Waals surface area contributed by atoms with Crippen LogP contribution in [-0.2, 0) is 0 Å². The Hall–Kier alpha value is -1.78. The monoisotopic (exact) mass is 464 g/mol. The normalized spacial score (nSPS) is 35.7. The van der Waals surface area contributed by atoms with Crippen LogP contribution in [0.3, 0.4) is 0 Å². The predicted octanol–water partition coefficient (Wildman–Crippen LogP) is 6.82. The summed E-state index contributed by atoms with van der Waals surface area (Å²) in [6.45, 7) is 16.0. The average molecular weight is 465 g/mol. The lowest BCUT2D eigenvalue weighted by Gasteiger charge is -2.45. The Balaban J connectivity index is 1.77. The zero-order valence-corrected chi connectivity index (χ0v) is 21.8. The fourth-order valence-corrected chi connectivity index (χ4v) is 8.42. The summed E-state index contributed by atoms with van der Waals surface area (Å²) in [4.78, 5) is 0. The topological polar surface area (TPSA) is 15.3 Å². The lowest BCUT2D eigenvalue weighted by Crippen LogP contribution is -2.50. The maximum atomic E-state index is 15.2. The first-order chi connectivity index (χ1) is 15.6. The molecule has 0 aromatic heterocycles. The van der Waals surface area contributed by atoms with Gasteiger partial charge in [0, 0.05) is 34.7 Å². The number of rotatable bonds is 2. The molecule has 1 N–H and O–H groups in total. The number of halogens is 1. The standard InChI is InChI=1S/C29H37FN2S/c1-15-12-16(2)24(17(3)13-15)25-27-18(4)22(19(5)31-27)14-29(7)26(20(6)32(33)28(25)29)21-10-8-9-11-23(21)30/h8-13,18-19,22,25,27-28,31,33H,14H2,1-7H3/t18?,19?,22?,25?,27?,28?,29-/m1/s1. The molecule has 0 radical (unpaired) electrons. The van der Waals surface area contributed by atoms with E-state index in [1.807, 2.05) is 12.1 Å². The molecule has 2 bridgehead atoms. The van der Waals surface area contributed by atoms with Gasteiger partial charge in [-0.1, -0.05) is 62.6 Å². The van der Waals surface area contributed by atoms with Gasteiger partial charge in [-0.3, -0.25) is 0 Å². The molecule has 5 rings (SSSR count).